The smallest absolute Gasteiger partial charge is 0.229 e. The van der Waals surface area contributed by atoms with Crippen LogP contribution in [-0.4, -0.2) is 34.4 Å². The fourth-order valence-electron chi connectivity index (χ4n) is 1.89. The van der Waals surface area contributed by atoms with Gasteiger partial charge in [-0.1, -0.05) is 30.3 Å². The van der Waals surface area contributed by atoms with Gasteiger partial charge in [-0.15, -0.1) is 0 Å². The van der Waals surface area contributed by atoms with Gasteiger partial charge in [-0.3, -0.25) is 0 Å². The lowest BCUT2D eigenvalue weighted by Gasteiger charge is -2.08. The first kappa shape index (κ1) is 14.2. The third kappa shape index (κ3) is 4.45. The Morgan fingerprint density at radius 3 is 2.47 bits per heavy atom. The second kappa shape index (κ2) is 5.44. The number of hydrogen-bond acceptors (Lipinski definition) is 4. The molecule has 1 aromatic carbocycles. The highest BCUT2D eigenvalue weighted by Crippen LogP contribution is 2.13. The van der Waals surface area contributed by atoms with Crippen molar-refractivity contribution in [2.75, 3.05) is 11.5 Å². The normalized spacial score (nSPS) is 22.8. The highest BCUT2D eigenvalue weighted by atomic mass is 32.2. The number of sulfone groups is 1. The maximum absolute atomic E-state index is 11.8. The molecule has 0 unspecified atom stereocenters. The van der Waals surface area contributed by atoms with E-state index in [-0.39, 0.29) is 11.5 Å². The molecule has 0 spiro atoms. The molecule has 1 N–H and O–H groups in total. The Morgan fingerprint density at radius 1 is 1.21 bits per heavy atom. The standard InChI is InChI=1S/C12H15NO4S2/c14-18(15)8-7-12(10-18)13-19(16,17)9-6-11-4-2-1-3-5-11/h1-6,9,12-13H,7-8,10H2/b9-6+/t12-/m0/s1. The van der Waals surface area contributed by atoms with E-state index in [2.05, 4.69) is 4.72 Å². The van der Waals surface area contributed by atoms with Gasteiger partial charge in [0.05, 0.1) is 11.5 Å². The van der Waals surface area contributed by atoms with Crippen LogP contribution in [0.3, 0.4) is 0 Å². The molecular formula is C12H15NO4S2. The first-order valence-corrected chi connectivity index (χ1v) is 9.19. The van der Waals surface area contributed by atoms with E-state index < -0.39 is 25.9 Å². The highest BCUT2D eigenvalue weighted by Gasteiger charge is 2.30. The van der Waals surface area contributed by atoms with E-state index in [1.807, 2.05) is 18.2 Å². The molecule has 19 heavy (non-hydrogen) atoms. The third-order valence-electron chi connectivity index (χ3n) is 2.80. The molecule has 2 rings (SSSR count). The van der Waals surface area contributed by atoms with Crippen LogP contribution in [0.1, 0.15) is 12.0 Å². The van der Waals surface area contributed by atoms with E-state index in [9.17, 15) is 16.8 Å². The van der Waals surface area contributed by atoms with Crippen LogP contribution in [0.25, 0.3) is 6.08 Å². The van der Waals surface area contributed by atoms with Crippen molar-refractivity contribution in [1.82, 2.24) is 4.72 Å². The zero-order chi connectivity index (χ0) is 13.9. The summed E-state index contributed by atoms with van der Waals surface area (Å²) in [5.74, 6) is -0.0754. The van der Waals surface area contributed by atoms with Crippen LogP contribution in [0.15, 0.2) is 35.7 Å². The Kier molecular flexibility index (Phi) is 4.07. The summed E-state index contributed by atoms with van der Waals surface area (Å²) in [5, 5.41) is 1.06. The monoisotopic (exact) mass is 301 g/mol. The van der Waals surface area contributed by atoms with Crippen LogP contribution in [0, 0.1) is 0 Å². The molecule has 1 aliphatic heterocycles. The van der Waals surface area contributed by atoms with Gasteiger partial charge in [0, 0.05) is 11.4 Å². The summed E-state index contributed by atoms with van der Waals surface area (Å²) in [6.45, 7) is 0. The van der Waals surface area contributed by atoms with Gasteiger partial charge in [-0.05, 0) is 18.1 Å². The molecule has 1 fully saturated rings. The quantitative estimate of drug-likeness (QED) is 0.890. The number of nitrogens with one attached hydrogen (secondary N) is 1. The number of hydrogen-bond donors (Lipinski definition) is 1. The van der Waals surface area contributed by atoms with Gasteiger partial charge in [-0.25, -0.2) is 21.6 Å². The van der Waals surface area contributed by atoms with Crippen LogP contribution < -0.4 is 4.72 Å². The fourth-order valence-corrected chi connectivity index (χ4v) is 4.75. The molecule has 0 amide bonds. The predicted molar refractivity (Wildman–Crippen MR) is 74.6 cm³/mol. The van der Waals surface area contributed by atoms with Gasteiger partial charge < -0.3 is 0 Å². The lowest BCUT2D eigenvalue weighted by Crippen LogP contribution is -2.34. The van der Waals surface area contributed by atoms with Crippen LogP contribution in [0.4, 0.5) is 0 Å². The molecule has 7 heteroatoms. The van der Waals surface area contributed by atoms with Gasteiger partial charge in [0.2, 0.25) is 10.0 Å². The SMILES string of the molecule is O=S1(=O)CC[C@H](NS(=O)(=O)/C=C/c2ccccc2)C1. The largest absolute Gasteiger partial charge is 0.234 e. The summed E-state index contributed by atoms with van der Waals surface area (Å²) in [6.07, 6.45) is 1.81. The van der Waals surface area contributed by atoms with Gasteiger partial charge in [0.25, 0.3) is 0 Å². The van der Waals surface area contributed by atoms with Crippen molar-refractivity contribution in [3.63, 3.8) is 0 Å². The summed E-state index contributed by atoms with van der Waals surface area (Å²) in [5.41, 5.74) is 0.770. The van der Waals surface area contributed by atoms with Crippen molar-refractivity contribution in [2.45, 2.75) is 12.5 Å². The Balaban J connectivity index is 2.02. The van der Waals surface area contributed by atoms with E-state index >= 15 is 0 Å². The molecule has 0 radical (unpaired) electrons. The minimum Gasteiger partial charge on any atom is -0.229 e. The molecule has 1 atom stereocenters. The fraction of sp³-hybridized carbons (Fsp3) is 0.333. The van der Waals surface area contributed by atoms with Crippen LogP contribution in [0.2, 0.25) is 0 Å². The molecule has 0 saturated carbocycles. The Morgan fingerprint density at radius 2 is 1.89 bits per heavy atom. The van der Waals surface area contributed by atoms with E-state index in [4.69, 9.17) is 0 Å². The van der Waals surface area contributed by atoms with E-state index in [1.165, 1.54) is 6.08 Å². The average molecular weight is 301 g/mol. The number of benzene rings is 1. The number of sulfonamides is 1. The second-order valence-corrected chi connectivity index (χ2v) is 8.30. The van der Waals surface area contributed by atoms with Crippen LogP contribution in [-0.2, 0) is 19.9 Å². The Bertz CT molecular complexity index is 663. The first-order valence-electron chi connectivity index (χ1n) is 5.82. The molecule has 0 bridgehead atoms. The zero-order valence-corrected chi connectivity index (χ0v) is 11.8. The molecular weight excluding hydrogens is 286 g/mol. The lowest BCUT2D eigenvalue weighted by atomic mass is 10.2. The predicted octanol–water partition coefficient (Wildman–Crippen LogP) is 0.764. The van der Waals surface area contributed by atoms with Crippen molar-refractivity contribution in [3.8, 4) is 0 Å². The molecule has 5 nitrogen and oxygen atoms in total. The van der Waals surface area contributed by atoms with Gasteiger partial charge >= 0.3 is 0 Å². The summed E-state index contributed by atoms with van der Waals surface area (Å²) in [4.78, 5) is 0. The van der Waals surface area contributed by atoms with E-state index in [0.29, 0.717) is 6.42 Å². The third-order valence-corrected chi connectivity index (χ3v) is 5.73. The van der Waals surface area contributed by atoms with Crippen molar-refractivity contribution in [1.29, 1.82) is 0 Å². The zero-order valence-electron chi connectivity index (χ0n) is 10.2. The first-order chi connectivity index (χ1) is 8.86. The van der Waals surface area contributed by atoms with Gasteiger partial charge in [0.1, 0.15) is 0 Å². The minimum absolute atomic E-state index is 0.0442. The Labute approximate surface area is 113 Å². The molecule has 0 aromatic heterocycles. The van der Waals surface area contributed by atoms with Crippen molar-refractivity contribution in [2.24, 2.45) is 0 Å². The Hall–Kier alpha value is -1.18. The topological polar surface area (TPSA) is 80.3 Å². The molecule has 1 saturated heterocycles. The van der Waals surface area contributed by atoms with Crippen molar-refractivity contribution >= 4 is 25.9 Å². The maximum atomic E-state index is 11.8. The van der Waals surface area contributed by atoms with Gasteiger partial charge in [0.15, 0.2) is 9.84 Å². The summed E-state index contributed by atoms with van der Waals surface area (Å²) < 4.78 is 48.5. The average Bonchev–Trinajstić information content (AvgIpc) is 2.67. The molecule has 1 aliphatic rings. The maximum Gasteiger partial charge on any atom is 0.234 e. The van der Waals surface area contributed by atoms with Crippen LogP contribution >= 0.6 is 0 Å². The van der Waals surface area contributed by atoms with Crippen LogP contribution in [0.5, 0.6) is 0 Å². The second-order valence-electron chi connectivity index (χ2n) is 4.48. The molecule has 0 aliphatic carbocycles. The minimum atomic E-state index is -3.61. The summed E-state index contributed by atoms with van der Waals surface area (Å²) in [7, 11) is -6.69. The summed E-state index contributed by atoms with van der Waals surface area (Å²) >= 11 is 0. The summed E-state index contributed by atoms with van der Waals surface area (Å²) in [6, 6.07) is 8.51. The van der Waals surface area contributed by atoms with E-state index in [1.54, 1.807) is 12.1 Å². The van der Waals surface area contributed by atoms with E-state index in [0.717, 1.165) is 11.0 Å². The van der Waals surface area contributed by atoms with Gasteiger partial charge in [-0.2, -0.15) is 0 Å². The highest BCUT2D eigenvalue weighted by molar-refractivity contribution is 7.93. The van der Waals surface area contributed by atoms with Crippen molar-refractivity contribution in [3.05, 3.63) is 41.3 Å². The molecule has 1 aromatic rings. The molecule has 104 valence electrons. The lowest BCUT2D eigenvalue weighted by molar-refractivity contribution is 0.571. The number of rotatable bonds is 4. The molecule has 1 heterocycles. The van der Waals surface area contributed by atoms with Crippen molar-refractivity contribution < 1.29 is 16.8 Å².